The summed E-state index contributed by atoms with van der Waals surface area (Å²) in [4.78, 5) is 0. The van der Waals surface area contributed by atoms with Crippen molar-refractivity contribution in [1.29, 1.82) is 5.41 Å². The van der Waals surface area contributed by atoms with Crippen LogP contribution in [-0.2, 0) is 0 Å². The first-order valence-corrected chi connectivity index (χ1v) is 1.99. The Balaban J connectivity index is 3.25. The fraction of sp³-hybridized carbons (Fsp3) is 0.250. The highest BCUT2D eigenvalue weighted by atomic mass is 15.4. The SMILES string of the molecule is C[NH+]([NH-])/C=C\C=N. The summed E-state index contributed by atoms with van der Waals surface area (Å²) >= 11 is 0. The Hall–Kier alpha value is -0.670. The molecule has 1 atom stereocenters. The van der Waals surface area contributed by atoms with E-state index in [9.17, 15) is 0 Å². The highest BCUT2D eigenvalue weighted by molar-refractivity contribution is 5.66. The van der Waals surface area contributed by atoms with Crippen LogP contribution in [0.1, 0.15) is 0 Å². The molecule has 0 saturated heterocycles. The summed E-state index contributed by atoms with van der Waals surface area (Å²) in [6.07, 6.45) is 4.23. The quantitative estimate of drug-likeness (QED) is 0.350. The first kappa shape index (κ1) is 6.33. The van der Waals surface area contributed by atoms with Crippen LogP contribution >= 0.6 is 0 Å². The minimum atomic E-state index is 0.475. The molecule has 7 heavy (non-hydrogen) atoms. The molecule has 0 rings (SSSR count). The van der Waals surface area contributed by atoms with Crippen molar-refractivity contribution in [3.63, 3.8) is 0 Å². The molecule has 0 bridgehead atoms. The molecule has 40 valence electrons. The first-order chi connectivity index (χ1) is 3.27. The Bertz CT molecular complexity index is 75.0. The molecular formula is C4H9N3. The molecule has 0 radical (unpaired) electrons. The molecule has 0 aromatic heterocycles. The molecule has 0 aromatic carbocycles. The van der Waals surface area contributed by atoms with Crippen LogP contribution in [0.15, 0.2) is 12.3 Å². The molecule has 0 fully saturated rings. The molecule has 0 aliphatic rings. The maximum Gasteiger partial charge on any atom is 0.0859 e. The van der Waals surface area contributed by atoms with E-state index < -0.39 is 0 Å². The number of quaternary nitrogens is 1. The van der Waals surface area contributed by atoms with E-state index in [4.69, 9.17) is 11.3 Å². The third kappa shape index (κ3) is 5.33. The largest absolute Gasteiger partial charge is 0.465 e. The molecule has 0 spiro atoms. The first-order valence-electron chi connectivity index (χ1n) is 1.99. The third-order valence-electron chi connectivity index (χ3n) is 0.442. The zero-order valence-corrected chi connectivity index (χ0v) is 4.23. The highest BCUT2D eigenvalue weighted by Crippen LogP contribution is 1.48. The molecule has 0 aliphatic heterocycles. The van der Waals surface area contributed by atoms with Gasteiger partial charge in [-0.1, -0.05) is 0 Å². The van der Waals surface area contributed by atoms with Crippen molar-refractivity contribution in [3.8, 4) is 0 Å². The zero-order chi connectivity index (χ0) is 5.70. The highest BCUT2D eigenvalue weighted by Gasteiger charge is 1.67. The van der Waals surface area contributed by atoms with E-state index in [1.807, 2.05) is 0 Å². The van der Waals surface area contributed by atoms with Crippen LogP contribution in [0.3, 0.4) is 0 Å². The summed E-state index contributed by atoms with van der Waals surface area (Å²) in [5, 5.41) is 6.96. The second-order valence-electron chi connectivity index (χ2n) is 1.21. The van der Waals surface area contributed by atoms with Gasteiger partial charge in [0, 0.05) is 12.3 Å². The van der Waals surface area contributed by atoms with Crippen LogP contribution in [0.2, 0.25) is 0 Å². The predicted molar refractivity (Wildman–Crippen MR) is 29.1 cm³/mol. The predicted octanol–water partition coefficient (Wildman–Crippen LogP) is -0.368. The van der Waals surface area contributed by atoms with Crippen molar-refractivity contribution in [2.45, 2.75) is 0 Å². The Morgan fingerprint density at radius 3 is 2.43 bits per heavy atom. The molecule has 0 aromatic rings. The van der Waals surface area contributed by atoms with Crippen LogP contribution < -0.4 is 5.01 Å². The lowest BCUT2D eigenvalue weighted by Gasteiger charge is -2.04. The van der Waals surface area contributed by atoms with Crippen LogP contribution in [-0.4, -0.2) is 13.3 Å². The van der Waals surface area contributed by atoms with Gasteiger partial charge in [-0.25, -0.2) is 0 Å². The van der Waals surface area contributed by atoms with Gasteiger partial charge >= 0.3 is 0 Å². The van der Waals surface area contributed by atoms with Gasteiger partial charge in [0.1, 0.15) is 0 Å². The minimum Gasteiger partial charge on any atom is -0.465 e. The smallest absolute Gasteiger partial charge is 0.0859 e. The number of allylic oxidation sites excluding steroid dienone is 1. The number of hydrogen-bond donors (Lipinski definition) is 2. The van der Waals surface area contributed by atoms with Crippen molar-refractivity contribution in [3.05, 3.63) is 18.1 Å². The molecule has 0 aliphatic carbocycles. The molecule has 0 amide bonds. The summed E-state index contributed by atoms with van der Waals surface area (Å²) in [5.74, 6) is 6.81. The summed E-state index contributed by atoms with van der Waals surface area (Å²) in [6, 6.07) is 0. The molecule has 0 saturated carbocycles. The van der Waals surface area contributed by atoms with Crippen molar-refractivity contribution < 1.29 is 5.01 Å². The fourth-order valence-electron chi connectivity index (χ4n) is 0.192. The average Bonchev–Trinajstić information content (AvgIpc) is 1.61. The van der Waals surface area contributed by atoms with E-state index in [2.05, 4.69) is 0 Å². The van der Waals surface area contributed by atoms with Gasteiger partial charge in [-0.05, 0) is 0 Å². The topological polar surface area (TPSA) is 52.1 Å². The summed E-state index contributed by atoms with van der Waals surface area (Å²) in [6.45, 7) is 0. The van der Waals surface area contributed by atoms with Crippen molar-refractivity contribution in [2.24, 2.45) is 0 Å². The van der Waals surface area contributed by atoms with E-state index in [0.717, 1.165) is 6.21 Å². The molecule has 3 heteroatoms. The molecule has 3 N–H and O–H groups in total. The van der Waals surface area contributed by atoms with Gasteiger partial charge in [0.15, 0.2) is 0 Å². The lowest BCUT2D eigenvalue weighted by Crippen LogP contribution is -2.96. The standard InChI is InChI=1S/C4H9N3/c1-7(6)4-2-3-5/h2-7H,1H3/b4-2-,5-3?. The number of nitrogens with one attached hydrogen (secondary N) is 3. The van der Waals surface area contributed by atoms with E-state index in [1.165, 1.54) is 6.08 Å². The summed E-state index contributed by atoms with van der Waals surface area (Å²) in [5.41, 5.74) is 0. The average molecular weight is 99.1 g/mol. The van der Waals surface area contributed by atoms with E-state index in [-0.39, 0.29) is 0 Å². The second kappa shape index (κ2) is 3.52. The van der Waals surface area contributed by atoms with Gasteiger partial charge in [-0.3, -0.25) is 0 Å². The molecule has 1 unspecified atom stereocenters. The Morgan fingerprint density at radius 1 is 1.71 bits per heavy atom. The van der Waals surface area contributed by atoms with Crippen molar-refractivity contribution >= 4 is 6.21 Å². The van der Waals surface area contributed by atoms with Gasteiger partial charge in [-0.2, -0.15) is 0 Å². The lowest BCUT2D eigenvalue weighted by atomic mass is 10.7. The van der Waals surface area contributed by atoms with E-state index in [1.54, 1.807) is 13.2 Å². The van der Waals surface area contributed by atoms with Crippen molar-refractivity contribution in [1.82, 2.24) is 0 Å². The second-order valence-corrected chi connectivity index (χ2v) is 1.21. The van der Waals surface area contributed by atoms with Crippen LogP contribution in [0.4, 0.5) is 0 Å². The lowest BCUT2D eigenvalue weighted by molar-refractivity contribution is -0.767. The zero-order valence-electron chi connectivity index (χ0n) is 4.23. The number of hydrogen-bond acceptors (Lipinski definition) is 1. The van der Waals surface area contributed by atoms with Gasteiger partial charge in [0.25, 0.3) is 0 Å². The summed E-state index contributed by atoms with van der Waals surface area (Å²) in [7, 11) is 1.67. The van der Waals surface area contributed by atoms with Crippen LogP contribution in [0.5, 0.6) is 0 Å². The molecule has 0 heterocycles. The van der Waals surface area contributed by atoms with Crippen LogP contribution in [0.25, 0.3) is 5.84 Å². The van der Waals surface area contributed by atoms with E-state index >= 15 is 0 Å². The maximum absolute atomic E-state index is 6.81. The van der Waals surface area contributed by atoms with E-state index in [0.29, 0.717) is 5.01 Å². The summed E-state index contributed by atoms with van der Waals surface area (Å²) < 4.78 is 0. The molecule has 3 nitrogen and oxygen atoms in total. The van der Waals surface area contributed by atoms with Crippen molar-refractivity contribution in [2.75, 3.05) is 7.05 Å². The Kier molecular flexibility index (Phi) is 3.18. The normalized spacial score (nSPS) is 14.6. The van der Waals surface area contributed by atoms with Gasteiger partial charge in [0.2, 0.25) is 0 Å². The van der Waals surface area contributed by atoms with Crippen LogP contribution in [0, 0.1) is 5.41 Å². The van der Waals surface area contributed by atoms with Gasteiger partial charge in [0.05, 0.1) is 13.2 Å². The Labute approximate surface area is 42.9 Å². The molecular weight excluding hydrogens is 90.1 g/mol. The number of rotatable bonds is 2. The third-order valence-corrected chi connectivity index (χ3v) is 0.442. The van der Waals surface area contributed by atoms with Gasteiger partial charge < -0.3 is 16.3 Å². The van der Waals surface area contributed by atoms with Gasteiger partial charge in [-0.15, -0.1) is 0 Å². The minimum absolute atomic E-state index is 0.475. The fourth-order valence-corrected chi connectivity index (χ4v) is 0.192. The monoisotopic (exact) mass is 99.1 g/mol. The Morgan fingerprint density at radius 2 is 2.29 bits per heavy atom. The maximum atomic E-state index is 6.81.